The molecule has 1 heterocycles. The van der Waals surface area contributed by atoms with Crippen molar-refractivity contribution in [3.8, 4) is 5.75 Å². The smallest absolute Gasteiger partial charge is 0.291 e. The molecule has 1 amide bonds. The molecule has 25 heavy (non-hydrogen) atoms. The van der Waals surface area contributed by atoms with Crippen molar-refractivity contribution in [3.63, 3.8) is 0 Å². The van der Waals surface area contributed by atoms with Crippen LogP contribution >= 0.6 is 12.2 Å². The Kier molecular flexibility index (Phi) is 4.49. The van der Waals surface area contributed by atoms with Crippen molar-refractivity contribution in [2.75, 3.05) is 12.0 Å². The van der Waals surface area contributed by atoms with Crippen LogP contribution in [-0.4, -0.2) is 34.2 Å². The molecule has 0 spiro atoms. The van der Waals surface area contributed by atoms with E-state index in [-0.39, 0.29) is 11.2 Å². The molecule has 5 nitrogen and oxygen atoms in total. The summed E-state index contributed by atoms with van der Waals surface area (Å²) in [5, 5.41) is 11.7. The van der Waals surface area contributed by atoms with Crippen molar-refractivity contribution < 1.29 is 14.6 Å². The van der Waals surface area contributed by atoms with Crippen LogP contribution in [0.15, 0.2) is 54.6 Å². The van der Waals surface area contributed by atoms with Gasteiger partial charge in [0.15, 0.2) is 5.11 Å². The number of rotatable bonds is 4. The summed E-state index contributed by atoms with van der Waals surface area (Å²) in [5.74, 6) is 0.0668. The summed E-state index contributed by atoms with van der Waals surface area (Å²) in [6, 6.07) is 15.8. The van der Waals surface area contributed by atoms with E-state index < -0.39 is 11.6 Å². The second-order valence-corrected chi connectivity index (χ2v) is 6.49. The van der Waals surface area contributed by atoms with Crippen LogP contribution in [0.1, 0.15) is 19.4 Å². The van der Waals surface area contributed by atoms with Crippen molar-refractivity contribution in [3.05, 3.63) is 60.2 Å². The molecule has 1 fully saturated rings. The standard InChI is InChI=1S/C19H20N2O3S/c1-13(2)21-18(25)20(15-9-5-4-6-10-15)17(22)19(21,23)14-8-7-11-16(12-14)24-3/h4-13,23H,1-3H3/t19-/m1/s1. The van der Waals surface area contributed by atoms with Crippen LogP contribution in [0, 0.1) is 0 Å². The Balaban J connectivity index is 2.16. The summed E-state index contributed by atoms with van der Waals surface area (Å²) in [5.41, 5.74) is -0.830. The Morgan fingerprint density at radius 3 is 2.40 bits per heavy atom. The normalized spacial score (nSPS) is 20.5. The number of para-hydroxylation sites is 1. The van der Waals surface area contributed by atoms with E-state index in [2.05, 4.69) is 0 Å². The lowest BCUT2D eigenvalue weighted by atomic mass is 9.99. The molecule has 130 valence electrons. The first kappa shape index (κ1) is 17.4. The predicted octanol–water partition coefficient (Wildman–Crippen LogP) is 2.88. The summed E-state index contributed by atoms with van der Waals surface area (Å²) >= 11 is 5.55. The fraction of sp³-hybridized carbons (Fsp3) is 0.263. The van der Waals surface area contributed by atoms with Gasteiger partial charge in [-0.05, 0) is 50.3 Å². The molecule has 0 saturated carbocycles. The molecule has 1 aliphatic heterocycles. The first-order valence-corrected chi connectivity index (χ1v) is 8.42. The lowest BCUT2D eigenvalue weighted by Gasteiger charge is -2.34. The van der Waals surface area contributed by atoms with E-state index in [1.165, 1.54) is 4.90 Å². The number of benzene rings is 2. The molecule has 1 saturated heterocycles. The lowest BCUT2D eigenvalue weighted by molar-refractivity contribution is -0.150. The summed E-state index contributed by atoms with van der Waals surface area (Å²) in [7, 11) is 1.54. The third kappa shape index (κ3) is 2.67. The van der Waals surface area contributed by atoms with Crippen LogP contribution in [0.2, 0.25) is 0 Å². The first-order chi connectivity index (χ1) is 11.9. The zero-order valence-electron chi connectivity index (χ0n) is 14.3. The van der Waals surface area contributed by atoms with E-state index in [9.17, 15) is 9.90 Å². The average molecular weight is 356 g/mol. The zero-order chi connectivity index (χ0) is 18.2. The molecule has 2 aromatic rings. The van der Waals surface area contributed by atoms with E-state index in [1.807, 2.05) is 32.0 Å². The highest BCUT2D eigenvalue weighted by molar-refractivity contribution is 7.80. The largest absolute Gasteiger partial charge is 0.497 e. The molecule has 2 aromatic carbocycles. The fourth-order valence-corrected chi connectivity index (χ4v) is 3.62. The minimum absolute atomic E-state index is 0.179. The van der Waals surface area contributed by atoms with Crippen molar-refractivity contribution in [1.29, 1.82) is 0 Å². The number of anilines is 1. The van der Waals surface area contributed by atoms with Crippen molar-refractivity contribution in [2.24, 2.45) is 0 Å². The maximum Gasteiger partial charge on any atom is 0.291 e. The van der Waals surface area contributed by atoms with Crippen molar-refractivity contribution >= 4 is 28.9 Å². The maximum atomic E-state index is 13.3. The number of methoxy groups -OCH3 is 1. The molecule has 6 heteroatoms. The number of hydrogen-bond donors (Lipinski definition) is 1. The molecular formula is C19H20N2O3S. The van der Waals surface area contributed by atoms with Gasteiger partial charge in [0.05, 0.1) is 12.8 Å². The van der Waals surface area contributed by atoms with Gasteiger partial charge in [-0.25, -0.2) is 0 Å². The molecular weight excluding hydrogens is 336 g/mol. The van der Waals surface area contributed by atoms with Crippen molar-refractivity contribution in [2.45, 2.75) is 25.6 Å². The van der Waals surface area contributed by atoms with Crippen LogP contribution in [-0.2, 0) is 10.5 Å². The Bertz CT molecular complexity index is 809. The summed E-state index contributed by atoms with van der Waals surface area (Å²) < 4.78 is 5.24. The predicted molar refractivity (Wildman–Crippen MR) is 100 cm³/mol. The van der Waals surface area contributed by atoms with Crippen LogP contribution in [0.3, 0.4) is 0 Å². The van der Waals surface area contributed by atoms with Gasteiger partial charge in [0.25, 0.3) is 5.91 Å². The van der Waals surface area contributed by atoms with Crippen molar-refractivity contribution in [1.82, 2.24) is 4.90 Å². The maximum absolute atomic E-state index is 13.3. The van der Waals surface area contributed by atoms with Crippen LogP contribution in [0.5, 0.6) is 5.75 Å². The molecule has 1 atom stereocenters. The molecule has 0 unspecified atom stereocenters. The van der Waals surface area contributed by atoms with Crippen LogP contribution in [0.4, 0.5) is 5.69 Å². The molecule has 0 radical (unpaired) electrons. The van der Waals surface area contributed by atoms with E-state index in [0.717, 1.165) is 0 Å². The highest BCUT2D eigenvalue weighted by Crippen LogP contribution is 2.40. The van der Waals surface area contributed by atoms with Crippen LogP contribution in [0.25, 0.3) is 0 Å². The van der Waals surface area contributed by atoms with Gasteiger partial charge in [-0.2, -0.15) is 0 Å². The molecule has 3 rings (SSSR count). The van der Waals surface area contributed by atoms with E-state index in [4.69, 9.17) is 17.0 Å². The molecule has 1 aliphatic rings. The fourth-order valence-electron chi connectivity index (χ4n) is 3.09. The molecule has 0 aromatic heterocycles. The third-order valence-corrected chi connectivity index (χ3v) is 4.63. The number of hydrogen-bond acceptors (Lipinski definition) is 4. The zero-order valence-corrected chi connectivity index (χ0v) is 15.2. The van der Waals surface area contributed by atoms with Gasteiger partial charge < -0.3 is 14.7 Å². The van der Waals surface area contributed by atoms with E-state index in [1.54, 1.807) is 48.4 Å². The average Bonchev–Trinajstić information content (AvgIpc) is 2.82. The quantitative estimate of drug-likeness (QED) is 0.854. The molecule has 0 aliphatic carbocycles. The highest BCUT2D eigenvalue weighted by Gasteiger charge is 2.57. The highest BCUT2D eigenvalue weighted by atomic mass is 32.1. The van der Waals surface area contributed by atoms with Gasteiger partial charge in [0.1, 0.15) is 5.75 Å². The molecule has 0 bridgehead atoms. The number of amides is 1. The number of ether oxygens (including phenoxy) is 1. The second-order valence-electron chi connectivity index (χ2n) is 6.13. The van der Waals surface area contributed by atoms with E-state index >= 15 is 0 Å². The van der Waals surface area contributed by atoms with E-state index in [0.29, 0.717) is 17.0 Å². The topological polar surface area (TPSA) is 53.0 Å². The van der Waals surface area contributed by atoms with Gasteiger partial charge in [0, 0.05) is 11.6 Å². The second kappa shape index (κ2) is 6.46. The Labute approximate surface area is 152 Å². The minimum Gasteiger partial charge on any atom is -0.497 e. The van der Waals surface area contributed by atoms with Crippen LogP contribution < -0.4 is 9.64 Å². The molecule has 1 N–H and O–H groups in total. The number of thiocarbonyl (C=S) groups is 1. The Hall–Kier alpha value is -2.44. The third-order valence-electron chi connectivity index (χ3n) is 4.25. The number of nitrogens with zero attached hydrogens (tertiary/aromatic N) is 2. The van der Waals surface area contributed by atoms with Gasteiger partial charge >= 0.3 is 0 Å². The number of carbonyl (C=O) groups excluding carboxylic acids is 1. The summed E-state index contributed by atoms with van der Waals surface area (Å²) in [6.45, 7) is 3.78. The SMILES string of the molecule is COc1cccc([C@@]2(O)C(=O)N(c3ccccc3)C(=S)N2C(C)C)c1. The van der Waals surface area contributed by atoms with Gasteiger partial charge in [-0.15, -0.1) is 0 Å². The lowest BCUT2D eigenvalue weighted by Crippen LogP contribution is -2.50. The Morgan fingerprint density at radius 2 is 1.80 bits per heavy atom. The number of carbonyl (C=O) groups is 1. The van der Waals surface area contributed by atoms with Gasteiger partial charge in [-0.3, -0.25) is 9.69 Å². The summed E-state index contributed by atoms with van der Waals surface area (Å²) in [6.07, 6.45) is 0. The van der Waals surface area contributed by atoms with Gasteiger partial charge in [-0.1, -0.05) is 30.3 Å². The monoisotopic (exact) mass is 356 g/mol. The first-order valence-electron chi connectivity index (χ1n) is 8.01. The minimum atomic E-state index is -1.88. The van der Waals surface area contributed by atoms with Gasteiger partial charge in [0.2, 0.25) is 5.72 Å². The Morgan fingerprint density at radius 1 is 1.12 bits per heavy atom. The summed E-state index contributed by atoms with van der Waals surface area (Å²) in [4.78, 5) is 16.2. The number of aliphatic hydroxyl groups is 1.